The number of benzene rings is 1. The number of carbonyl (C=O) groups is 2. The minimum absolute atomic E-state index is 0.0350. The summed E-state index contributed by atoms with van der Waals surface area (Å²) in [7, 11) is 0. The number of aromatic nitrogens is 4. The van der Waals surface area contributed by atoms with E-state index < -0.39 is 35.3 Å². The predicted octanol–water partition coefficient (Wildman–Crippen LogP) is 1.83. The second-order valence-corrected chi connectivity index (χ2v) is 9.50. The molecule has 6 rings (SSSR count). The second kappa shape index (κ2) is 8.52. The van der Waals surface area contributed by atoms with Crippen LogP contribution in [0.4, 0.5) is 0 Å². The minimum atomic E-state index is -1.92. The highest BCUT2D eigenvalue weighted by Gasteiger charge is 2.50. The van der Waals surface area contributed by atoms with E-state index in [0.29, 0.717) is 17.9 Å². The monoisotopic (exact) mass is 534 g/mol. The summed E-state index contributed by atoms with van der Waals surface area (Å²) in [6.07, 6.45) is 0.967. The molecule has 38 heavy (non-hydrogen) atoms. The Labute approximate surface area is 218 Å². The van der Waals surface area contributed by atoms with Crippen LogP contribution in [0, 0.1) is 0 Å². The zero-order chi connectivity index (χ0) is 26.8. The molecular weight excluding hydrogens is 516 g/mol. The third-order valence-corrected chi connectivity index (χ3v) is 7.21. The number of fused-ring (bicyclic) bond motifs is 5. The molecule has 0 amide bonds. The number of ether oxygens (including phenoxy) is 2. The van der Waals surface area contributed by atoms with Gasteiger partial charge in [0.15, 0.2) is 0 Å². The van der Waals surface area contributed by atoms with E-state index >= 15 is 0 Å². The Morgan fingerprint density at radius 2 is 2.00 bits per heavy atom. The first kappa shape index (κ1) is 23.9. The zero-order valence-corrected chi connectivity index (χ0v) is 20.7. The molecule has 0 radical (unpaired) electrons. The van der Waals surface area contributed by atoms with Gasteiger partial charge in [0.1, 0.15) is 18.2 Å². The van der Waals surface area contributed by atoms with Gasteiger partial charge in [-0.2, -0.15) is 0 Å². The lowest BCUT2D eigenvalue weighted by atomic mass is 9.85. The van der Waals surface area contributed by atoms with Crippen LogP contribution < -0.4 is 16.8 Å². The van der Waals surface area contributed by atoms with Crippen molar-refractivity contribution in [1.29, 1.82) is 0 Å². The smallest absolute Gasteiger partial charge is 0.355 e. The van der Waals surface area contributed by atoms with Crippen molar-refractivity contribution < 1.29 is 19.1 Å². The Morgan fingerprint density at radius 3 is 2.79 bits per heavy atom. The highest BCUT2D eigenvalue weighted by molar-refractivity contribution is 6.30. The number of aromatic amines is 1. The maximum atomic E-state index is 13.6. The fraction of sp³-hybridized carbons (Fsp3) is 0.231. The van der Waals surface area contributed by atoms with E-state index in [1.165, 1.54) is 0 Å². The first-order valence-corrected chi connectivity index (χ1v) is 12.1. The Morgan fingerprint density at radius 1 is 1.21 bits per heavy atom. The van der Waals surface area contributed by atoms with Gasteiger partial charge in [-0.3, -0.25) is 23.9 Å². The van der Waals surface area contributed by atoms with Gasteiger partial charge < -0.3 is 14.0 Å². The lowest BCUT2D eigenvalue weighted by Gasteiger charge is -2.35. The van der Waals surface area contributed by atoms with Crippen LogP contribution in [-0.2, 0) is 44.4 Å². The standard InChI is InChI=1S/C26H19ClN4O7/c1-2-26(38-20(32)11-30-10-17(27)22(33)29-25(30)36)16-8-19-21-14(7-13-5-3-4-6-18(13)28-21)9-31(19)23(34)15(16)12-37-24(26)35/h3-8,10H,2,9,11-12H2,1H3,(H,29,33,36)/t26-/m0/s1. The third kappa shape index (κ3) is 3.50. The molecule has 11 nitrogen and oxygen atoms in total. The molecule has 0 aliphatic carbocycles. The van der Waals surface area contributed by atoms with Crippen molar-refractivity contribution in [2.45, 2.75) is 38.6 Å². The van der Waals surface area contributed by atoms with E-state index in [2.05, 4.69) is 0 Å². The van der Waals surface area contributed by atoms with Crippen molar-refractivity contribution in [3.8, 4) is 11.4 Å². The Hall–Kier alpha value is -4.51. The van der Waals surface area contributed by atoms with Crippen LogP contribution in [-0.4, -0.2) is 31.0 Å². The summed E-state index contributed by atoms with van der Waals surface area (Å²) in [4.78, 5) is 70.1. The summed E-state index contributed by atoms with van der Waals surface area (Å²) in [6, 6.07) is 11.2. The molecule has 0 saturated carbocycles. The second-order valence-electron chi connectivity index (χ2n) is 9.10. The first-order chi connectivity index (χ1) is 18.2. The highest BCUT2D eigenvalue weighted by Crippen LogP contribution is 2.41. The molecule has 1 aromatic carbocycles. The molecule has 12 heteroatoms. The van der Waals surface area contributed by atoms with Crippen LogP contribution in [0.25, 0.3) is 22.3 Å². The SMILES string of the molecule is CC[C@@]1(OC(=O)Cn2cc(Cl)c(=O)[nH]c2=O)C(=O)OCc2c1cc1n(c2=O)Cc2cc3ccccc3nc2-1. The number of esters is 2. The highest BCUT2D eigenvalue weighted by atomic mass is 35.5. The van der Waals surface area contributed by atoms with E-state index in [-0.39, 0.29) is 34.7 Å². The molecule has 4 aromatic rings. The Bertz CT molecular complexity index is 1870. The zero-order valence-electron chi connectivity index (χ0n) is 19.9. The molecule has 5 heterocycles. The maximum absolute atomic E-state index is 13.6. The fourth-order valence-corrected chi connectivity index (χ4v) is 5.21. The summed E-state index contributed by atoms with van der Waals surface area (Å²) in [5.41, 5.74) is -0.841. The van der Waals surface area contributed by atoms with E-state index in [1.807, 2.05) is 35.3 Å². The molecule has 0 saturated heterocycles. The number of cyclic esters (lactones) is 1. The molecule has 3 aromatic heterocycles. The molecule has 0 spiro atoms. The largest absolute Gasteiger partial charge is 0.457 e. The number of pyridine rings is 2. The van der Waals surface area contributed by atoms with Gasteiger partial charge in [0.25, 0.3) is 11.1 Å². The van der Waals surface area contributed by atoms with E-state index in [9.17, 15) is 24.0 Å². The van der Waals surface area contributed by atoms with Crippen LogP contribution in [0.1, 0.15) is 30.0 Å². The molecule has 2 aliphatic rings. The summed E-state index contributed by atoms with van der Waals surface area (Å²) < 4.78 is 13.4. The minimum Gasteiger partial charge on any atom is -0.457 e. The predicted molar refractivity (Wildman–Crippen MR) is 135 cm³/mol. The maximum Gasteiger partial charge on any atom is 0.355 e. The van der Waals surface area contributed by atoms with Gasteiger partial charge in [-0.15, -0.1) is 0 Å². The van der Waals surface area contributed by atoms with Crippen LogP contribution in [0.15, 0.2) is 57.0 Å². The summed E-state index contributed by atoms with van der Waals surface area (Å²) in [5, 5.41) is 0.636. The Kier molecular flexibility index (Phi) is 5.35. The van der Waals surface area contributed by atoms with Gasteiger partial charge >= 0.3 is 17.6 Å². The lowest BCUT2D eigenvalue weighted by molar-refractivity contribution is -0.190. The molecule has 1 N–H and O–H groups in total. The van der Waals surface area contributed by atoms with Crippen molar-refractivity contribution in [2.75, 3.05) is 0 Å². The number of nitrogens with zero attached hydrogens (tertiary/aromatic N) is 3. The first-order valence-electron chi connectivity index (χ1n) is 11.8. The van der Waals surface area contributed by atoms with Crippen molar-refractivity contribution in [3.63, 3.8) is 0 Å². The van der Waals surface area contributed by atoms with Gasteiger partial charge in [0.2, 0.25) is 5.60 Å². The molecule has 0 fully saturated rings. The van der Waals surface area contributed by atoms with Crippen molar-refractivity contribution in [2.24, 2.45) is 0 Å². The van der Waals surface area contributed by atoms with Crippen molar-refractivity contribution in [3.05, 3.63) is 95.5 Å². The molecule has 0 bridgehead atoms. The van der Waals surface area contributed by atoms with Crippen LogP contribution >= 0.6 is 11.6 Å². The number of hydrogen-bond donors (Lipinski definition) is 1. The van der Waals surface area contributed by atoms with Gasteiger partial charge in [-0.25, -0.2) is 14.6 Å². The number of hydrogen-bond acceptors (Lipinski definition) is 8. The van der Waals surface area contributed by atoms with Crippen LogP contribution in [0.5, 0.6) is 0 Å². The lowest BCUT2D eigenvalue weighted by Crippen LogP contribution is -2.48. The average Bonchev–Trinajstić information content (AvgIpc) is 3.25. The number of nitrogens with one attached hydrogen (secondary N) is 1. The molecule has 192 valence electrons. The Balaban J connectivity index is 1.45. The summed E-state index contributed by atoms with van der Waals surface area (Å²) in [6.45, 7) is 1.02. The number of carbonyl (C=O) groups excluding carboxylic acids is 2. The number of H-pyrrole nitrogens is 1. The van der Waals surface area contributed by atoms with Gasteiger partial charge in [0, 0.05) is 22.7 Å². The van der Waals surface area contributed by atoms with Gasteiger partial charge in [-0.1, -0.05) is 36.7 Å². The van der Waals surface area contributed by atoms with E-state index in [1.54, 1.807) is 17.6 Å². The molecule has 0 unspecified atom stereocenters. The third-order valence-electron chi connectivity index (χ3n) is 6.94. The van der Waals surface area contributed by atoms with Crippen LogP contribution in [0.3, 0.4) is 0 Å². The molecule has 2 aliphatic heterocycles. The summed E-state index contributed by atoms with van der Waals surface area (Å²) >= 11 is 5.78. The topological polar surface area (TPSA) is 142 Å². The van der Waals surface area contributed by atoms with Crippen molar-refractivity contribution >= 4 is 34.4 Å². The number of rotatable bonds is 4. The molecular formula is C26H19ClN4O7. The van der Waals surface area contributed by atoms with Gasteiger partial charge in [0.05, 0.1) is 29.0 Å². The number of para-hydroxylation sites is 1. The van der Waals surface area contributed by atoms with Crippen molar-refractivity contribution in [1.82, 2.24) is 19.1 Å². The van der Waals surface area contributed by atoms with E-state index in [0.717, 1.165) is 27.2 Å². The quantitative estimate of drug-likeness (QED) is 0.344. The van der Waals surface area contributed by atoms with Crippen LogP contribution in [0.2, 0.25) is 5.02 Å². The van der Waals surface area contributed by atoms with Gasteiger partial charge in [-0.05, 0) is 24.6 Å². The average molecular weight is 535 g/mol. The molecule has 1 atom stereocenters. The van der Waals surface area contributed by atoms with E-state index in [4.69, 9.17) is 26.1 Å². The number of halogens is 1. The fourth-order valence-electron chi connectivity index (χ4n) is 5.05. The normalized spacial score (nSPS) is 17.5. The summed E-state index contributed by atoms with van der Waals surface area (Å²) in [5.74, 6) is -1.80.